The maximum atomic E-state index is 13.7. The van der Waals surface area contributed by atoms with Gasteiger partial charge in [-0.1, -0.05) is 30.3 Å². The van der Waals surface area contributed by atoms with Crippen molar-refractivity contribution in [2.45, 2.75) is 90.1 Å². The summed E-state index contributed by atoms with van der Waals surface area (Å²) in [6.45, 7) is 9.29. The lowest BCUT2D eigenvalue weighted by atomic mass is 9.79. The summed E-state index contributed by atoms with van der Waals surface area (Å²) in [5, 5.41) is 6.12. The Balaban J connectivity index is 1.48. The normalized spacial score (nSPS) is 22.1. The summed E-state index contributed by atoms with van der Waals surface area (Å²) in [5.41, 5.74) is 2.28. The van der Waals surface area contributed by atoms with E-state index in [1.165, 1.54) is 11.9 Å². The van der Waals surface area contributed by atoms with Crippen LogP contribution in [0.2, 0.25) is 0 Å². The van der Waals surface area contributed by atoms with Crippen molar-refractivity contribution in [2.75, 3.05) is 7.05 Å². The zero-order chi connectivity index (χ0) is 28.5. The van der Waals surface area contributed by atoms with Crippen LogP contribution in [0.15, 0.2) is 42.6 Å². The van der Waals surface area contributed by atoms with Gasteiger partial charge in [0.1, 0.15) is 17.4 Å². The van der Waals surface area contributed by atoms with E-state index in [1.807, 2.05) is 54.1 Å². The Morgan fingerprint density at radius 1 is 1.10 bits per heavy atom. The number of Topliss-reactive ketones (excluding diaryl/α,β-unsaturated/α-hetero) is 1. The third-order valence-electron chi connectivity index (χ3n) is 7.73. The summed E-state index contributed by atoms with van der Waals surface area (Å²) in [5.74, 6) is -1.62. The highest BCUT2D eigenvalue weighted by Crippen LogP contribution is 2.38. The first-order valence-electron chi connectivity index (χ1n) is 13.7. The van der Waals surface area contributed by atoms with Crippen LogP contribution < -0.4 is 10.6 Å². The van der Waals surface area contributed by atoms with Gasteiger partial charge in [-0.05, 0) is 64.7 Å². The standard InChI is InChI=1S/C30H40N4O5/c1-18(20-10-8-7-9-11-20)31-28(37)22-16-24(35)25-23(13-12-21-14-15-34(17-22)26(21)25)32-27(36)19(2)33(6)29(38)39-30(3,4)5/h7-11,14-15,18-19,22-23,25H,12-13,16-17H2,1-6H3,(H,31,37)(H,32,36). The number of likely N-dealkylation sites (N-methyl/N-ethyl adjacent to an activating group) is 1. The highest BCUT2D eigenvalue weighted by atomic mass is 16.6. The van der Waals surface area contributed by atoms with Gasteiger partial charge in [0.25, 0.3) is 0 Å². The molecule has 39 heavy (non-hydrogen) atoms. The van der Waals surface area contributed by atoms with Crippen LogP contribution in [0.5, 0.6) is 0 Å². The molecule has 0 saturated carbocycles. The second-order valence-electron chi connectivity index (χ2n) is 11.8. The van der Waals surface area contributed by atoms with Crippen molar-refractivity contribution in [1.82, 2.24) is 20.1 Å². The van der Waals surface area contributed by atoms with Crippen molar-refractivity contribution < 1.29 is 23.9 Å². The Labute approximate surface area is 230 Å². The molecule has 0 saturated heterocycles. The molecule has 3 amide bonds. The molecule has 0 radical (unpaired) electrons. The van der Waals surface area contributed by atoms with Crippen molar-refractivity contribution in [3.05, 3.63) is 59.4 Å². The molecule has 0 fully saturated rings. The molecule has 1 aliphatic carbocycles. The number of ketones is 1. The smallest absolute Gasteiger partial charge is 0.410 e. The molecule has 5 unspecified atom stereocenters. The van der Waals surface area contributed by atoms with Crippen LogP contribution >= 0.6 is 0 Å². The number of nitrogens with one attached hydrogen (secondary N) is 2. The molecule has 2 N–H and O–H groups in total. The van der Waals surface area contributed by atoms with Crippen LogP contribution in [-0.4, -0.2) is 57.9 Å². The zero-order valence-electron chi connectivity index (χ0n) is 23.7. The highest BCUT2D eigenvalue weighted by molar-refractivity contribution is 5.93. The maximum Gasteiger partial charge on any atom is 0.410 e. The van der Waals surface area contributed by atoms with E-state index in [2.05, 4.69) is 10.6 Å². The molecule has 1 aromatic carbocycles. The number of amides is 3. The van der Waals surface area contributed by atoms with Crippen molar-refractivity contribution in [3.63, 3.8) is 0 Å². The molecular weight excluding hydrogens is 496 g/mol. The number of aryl methyl sites for hydroxylation is 1. The Morgan fingerprint density at radius 3 is 2.46 bits per heavy atom. The van der Waals surface area contributed by atoms with Gasteiger partial charge < -0.3 is 19.9 Å². The van der Waals surface area contributed by atoms with Crippen LogP contribution in [0.4, 0.5) is 4.79 Å². The first-order valence-corrected chi connectivity index (χ1v) is 13.7. The Morgan fingerprint density at radius 2 is 1.79 bits per heavy atom. The molecule has 5 atom stereocenters. The highest BCUT2D eigenvalue weighted by Gasteiger charge is 2.43. The molecule has 4 rings (SSSR count). The first-order chi connectivity index (χ1) is 18.4. The van der Waals surface area contributed by atoms with Gasteiger partial charge in [0.15, 0.2) is 0 Å². The lowest BCUT2D eigenvalue weighted by Gasteiger charge is -2.34. The van der Waals surface area contributed by atoms with Crippen LogP contribution in [0.25, 0.3) is 0 Å². The van der Waals surface area contributed by atoms with Crippen molar-refractivity contribution in [1.29, 1.82) is 0 Å². The predicted octanol–water partition coefficient (Wildman–Crippen LogP) is 3.72. The molecule has 2 heterocycles. The third kappa shape index (κ3) is 6.34. The molecule has 2 aromatic rings. The Hall–Kier alpha value is -3.62. The second-order valence-corrected chi connectivity index (χ2v) is 11.8. The van der Waals surface area contributed by atoms with E-state index in [-0.39, 0.29) is 30.1 Å². The van der Waals surface area contributed by atoms with E-state index >= 15 is 0 Å². The fourth-order valence-electron chi connectivity index (χ4n) is 5.45. The van der Waals surface area contributed by atoms with Gasteiger partial charge in [0.2, 0.25) is 11.8 Å². The van der Waals surface area contributed by atoms with Gasteiger partial charge in [-0.25, -0.2) is 4.79 Å². The number of benzene rings is 1. The van der Waals surface area contributed by atoms with Crippen LogP contribution in [0.3, 0.4) is 0 Å². The molecule has 2 aliphatic rings. The number of nitrogens with zero attached hydrogens (tertiary/aromatic N) is 2. The summed E-state index contributed by atoms with van der Waals surface area (Å²) >= 11 is 0. The number of hydrogen-bond acceptors (Lipinski definition) is 5. The van der Waals surface area contributed by atoms with E-state index in [1.54, 1.807) is 27.7 Å². The minimum absolute atomic E-state index is 0.0561. The van der Waals surface area contributed by atoms with Crippen LogP contribution in [0, 0.1) is 5.92 Å². The summed E-state index contributed by atoms with van der Waals surface area (Å²) < 4.78 is 7.41. The average molecular weight is 537 g/mol. The SMILES string of the molecule is CC(NC(=O)C1CC(=O)C2c3c(ccn3C1)CCC2NC(=O)C(C)N(C)C(=O)OC(C)(C)C)c1ccccc1. The van der Waals surface area contributed by atoms with E-state index in [0.717, 1.165) is 23.2 Å². The predicted molar refractivity (Wildman–Crippen MR) is 147 cm³/mol. The minimum Gasteiger partial charge on any atom is -0.444 e. The lowest BCUT2D eigenvalue weighted by Crippen LogP contribution is -2.52. The van der Waals surface area contributed by atoms with Gasteiger partial charge in [0.05, 0.1) is 17.9 Å². The molecular formula is C30H40N4O5. The van der Waals surface area contributed by atoms with E-state index < -0.39 is 35.6 Å². The number of aromatic nitrogens is 1. The summed E-state index contributed by atoms with van der Waals surface area (Å²) in [6, 6.07) is 10.3. The molecule has 9 heteroatoms. The Kier molecular flexibility index (Phi) is 8.18. The fraction of sp³-hybridized carbons (Fsp3) is 0.533. The van der Waals surface area contributed by atoms with Gasteiger partial charge in [0, 0.05) is 37.9 Å². The number of carbonyl (C=O) groups excluding carboxylic acids is 4. The largest absolute Gasteiger partial charge is 0.444 e. The molecule has 0 spiro atoms. The molecule has 0 bridgehead atoms. The number of hydrogen-bond donors (Lipinski definition) is 2. The van der Waals surface area contributed by atoms with E-state index in [0.29, 0.717) is 13.0 Å². The molecule has 1 aromatic heterocycles. The van der Waals surface area contributed by atoms with E-state index in [4.69, 9.17) is 4.74 Å². The topological polar surface area (TPSA) is 110 Å². The molecule has 9 nitrogen and oxygen atoms in total. The summed E-state index contributed by atoms with van der Waals surface area (Å²) in [4.78, 5) is 54.0. The average Bonchev–Trinajstić information content (AvgIpc) is 3.21. The van der Waals surface area contributed by atoms with Crippen molar-refractivity contribution >= 4 is 23.7 Å². The lowest BCUT2D eigenvalue weighted by molar-refractivity contribution is -0.131. The monoisotopic (exact) mass is 536 g/mol. The van der Waals surface area contributed by atoms with Crippen LogP contribution in [0.1, 0.15) is 76.2 Å². The fourth-order valence-corrected chi connectivity index (χ4v) is 5.45. The number of ether oxygens (including phenoxy) is 1. The molecule has 1 aliphatic heterocycles. The number of carbonyl (C=O) groups is 4. The van der Waals surface area contributed by atoms with Gasteiger partial charge in [-0.3, -0.25) is 19.3 Å². The van der Waals surface area contributed by atoms with Gasteiger partial charge in [-0.15, -0.1) is 0 Å². The maximum absolute atomic E-state index is 13.7. The minimum atomic E-state index is -0.785. The first kappa shape index (κ1) is 28.4. The van der Waals surface area contributed by atoms with Gasteiger partial charge in [-0.2, -0.15) is 0 Å². The zero-order valence-corrected chi connectivity index (χ0v) is 23.7. The second kappa shape index (κ2) is 11.2. The number of rotatable bonds is 6. The van der Waals surface area contributed by atoms with Crippen LogP contribution in [-0.2, 0) is 32.1 Å². The summed E-state index contributed by atoms with van der Waals surface area (Å²) in [7, 11) is 1.53. The molecule has 210 valence electrons. The van der Waals surface area contributed by atoms with Crippen molar-refractivity contribution in [3.8, 4) is 0 Å². The van der Waals surface area contributed by atoms with Crippen molar-refractivity contribution in [2.24, 2.45) is 5.92 Å². The third-order valence-corrected chi connectivity index (χ3v) is 7.73. The van der Waals surface area contributed by atoms with Gasteiger partial charge >= 0.3 is 6.09 Å². The van der Waals surface area contributed by atoms with E-state index in [9.17, 15) is 19.2 Å². The Bertz CT molecular complexity index is 1230. The quantitative estimate of drug-likeness (QED) is 0.585. The summed E-state index contributed by atoms with van der Waals surface area (Å²) in [6.07, 6.45) is 2.77.